The highest BCUT2D eigenvalue weighted by Gasteiger charge is 2.36. The molecular formula is C21H17F3O3. The number of fused-ring (bicyclic) bond motifs is 2. The van der Waals surface area contributed by atoms with Gasteiger partial charge < -0.3 is 9.47 Å². The molecule has 27 heavy (non-hydrogen) atoms. The number of hydrogen-bond acceptors (Lipinski definition) is 3. The third kappa shape index (κ3) is 3.14. The topological polar surface area (TPSA) is 35.5 Å². The lowest BCUT2D eigenvalue weighted by Gasteiger charge is -2.19. The molecule has 0 radical (unpaired) electrons. The molecule has 0 aromatic heterocycles. The number of carbonyl (C=O) groups is 1. The smallest absolute Gasteiger partial charge is 0.417 e. The SMILES string of the molecule is CC1CC(OCc2c3ccccc3c(C(F)(F)F)c3ccccc23)C(=O)O1. The Morgan fingerprint density at radius 1 is 1.00 bits per heavy atom. The van der Waals surface area contributed by atoms with Gasteiger partial charge in [-0.15, -0.1) is 0 Å². The van der Waals surface area contributed by atoms with Crippen LogP contribution in [0.4, 0.5) is 13.2 Å². The largest absolute Gasteiger partial charge is 0.461 e. The van der Waals surface area contributed by atoms with Crippen LogP contribution >= 0.6 is 0 Å². The van der Waals surface area contributed by atoms with Crippen molar-refractivity contribution >= 4 is 27.5 Å². The van der Waals surface area contributed by atoms with Gasteiger partial charge in [-0.1, -0.05) is 48.5 Å². The van der Waals surface area contributed by atoms with Gasteiger partial charge in [0.25, 0.3) is 0 Å². The predicted octanol–water partition coefficient (Wildman–Crippen LogP) is 5.23. The van der Waals surface area contributed by atoms with Crippen molar-refractivity contribution < 1.29 is 27.4 Å². The Balaban J connectivity index is 1.88. The van der Waals surface area contributed by atoms with E-state index >= 15 is 0 Å². The summed E-state index contributed by atoms with van der Waals surface area (Å²) >= 11 is 0. The van der Waals surface area contributed by atoms with Gasteiger partial charge in [-0.25, -0.2) is 4.79 Å². The molecule has 6 heteroatoms. The zero-order valence-electron chi connectivity index (χ0n) is 14.5. The second-order valence-corrected chi connectivity index (χ2v) is 6.73. The normalized spacial score (nSPS) is 20.4. The molecule has 1 aliphatic rings. The third-order valence-electron chi connectivity index (χ3n) is 4.88. The summed E-state index contributed by atoms with van der Waals surface area (Å²) in [6.07, 6.45) is -4.96. The van der Waals surface area contributed by atoms with Crippen molar-refractivity contribution in [3.05, 3.63) is 59.7 Å². The first-order valence-electron chi connectivity index (χ1n) is 8.68. The summed E-state index contributed by atoms with van der Waals surface area (Å²) < 4.78 is 52.3. The lowest BCUT2D eigenvalue weighted by molar-refractivity contribution is -0.149. The van der Waals surface area contributed by atoms with Crippen LogP contribution < -0.4 is 0 Å². The molecule has 140 valence electrons. The van der Waals surface area contributed by atoms with Crippen LogP contribution in [0.15, 0.2) is 48.5 Å². The van der Waals surface area contributed by atoms with Crippen LogP contribution in [0.1, 0.15) is 24.5 Å². The predicted molar refractivity (Wildman–Crippen MR) is 95.2 cm³/mol. The van der Waals surface area contributed by atoms with Crippen molar-refractivity contribution in [1.29, 1.82) is 0 Å². The number of carbonyl (C=O) groups excluding carboxylic acids is 1. The van der Waals surface area contributed by atoms with Crippen LogP contribution in [0.5, 0.6) is 0 Å². The maximum atomic E-state index is 13.8. The van der Waals surface area contributed by atoms with Crippen molar-refractivity contribution in [3.63, 3.8) is 0 Å². The molecule has 0 bridgehead atoms. The van der Waals surface area contributed by atoms with E-state index in [1.54, 1.807) is 43.3 Å². The molecule has 2 atom stereocenters. The summed E-state index contributed by atoms with van der Waals surface area (Å²) in [5, 5.41) is 1.21. The number of alkyl halides is 3. The molecule has 1 aliphatic heterocycles. The quantitative estimate of drug-likeness (QED) is 0.465. The van der Waals surface area contributed by atoms with E-state index in [0.29, 0.717) is 22.8 Å². The average Bonchev–Trinajstić information content (AvgIpc) is 2.94. The molecule has 1 fully saturated rings. The van der Waals surface area contributed by atoms with Crippen LogP contribution in [0.3, 0.4) is 0 Å². The van der Waals surface area contributed by atoms with Gasteiger partial charge in [0, 0.05) is 6.42 Å². The molecular weight excluding hydrogens is 357 g/mol. The average molecular weight is 374 g/mol. The minimum Gasteiger partial charge on any atom is -0.461 e. The summed E-state index contributed by atoms with van der Waals surface area (Å²) in [6, 6.07) is 12.8. The molecule has 0 N–H and O–H groups in total. The summed E-state index contributed by atoms with van der Waals surface area (Å²) in [4.78, 5) is 11.8. The van der Waals surface area contributed by atoms with E-state index in [4.69, 9.17) is 9.47 Å². The van der Waals surface area contributed by atoms with Gasteiger partial charge in [-0.05, 0) is 34.0 Å². The van der Waals surface area contributed by atoms with E-state index in [2.05, 4.69) is 0 Å². The molecule has 0 aliphatic carbocycles. The first-order valence-corrected chi connectivity index (χ1v) is 8.68. The molecule has 0 spiro atoms. The van der Waals surface area contributed by atoms with Crippen LogP contribution in [0, 0.1) is 0 Å². The van der Waals surface area contributed by atoms with Gasteiger partial charge in [0.2, 0.25) is 0 Å². The number of cyclic esters (lactones) is 1. The van der Waals surface area contributed by atoms with Crippen LogP contribution in [0.25, 0.3) is 21.5 Å². The van der Waals surface area contributed by atoms with Crippen LogP contribution in [-0.4, -0.2) is 18.2 Å². The van der Waals surface area contributed by atoms with E-state index in [9.17, 15) is 18.0 Å². The number of rotatable bonds is 3. The molecule has 3 aromatic rings. The Bertz CT molecular complexity index is 969. The highest BCUT2D eigenvalue weighted by molar-refractivity contribution is 6.06. The first-order chi connectivity index (χ1) is 12.9. The van der Waals surface area contributed by atoms with Gasteiger partial charge in [-0.2, -0.15) is 13.2 Å². The van der Waals surface area contributed by atoms with Gasteiger partial charge in [-0.3, -0.25) is 0 Å². The van der Waals surface area contributed by atoms with Crippen LogP contribution in [-0.2, 0) is 27.1 Å². The molecule has 3 aromatic carbocycles. The highest BCUT2D eigenvalue weighted by Crippen LogP contribution is 2.42. The Morgan fingerprint density at radius 2 is 1.52 bits per heavy atom. The summed E-state index contributed by atoms with van der Waals surface area (Å²) in [5.74, 6) is -0.428. The molecule has 1 saturated heterocycles. The molecule has 1 heterocycles. The zero-order chi connectivity index (χ0) is 19.2. The molecule has 3 nitrogen and oxygen atoms in total. The van der Waals surface area contributed by atoms with Gasteiger partial charge in [0.15, 0.2) is 6.10 Å². The van der Waals surface area contributed by atoms with Crippen molar-refractivity contribution in [1.82, 2.24) is 0 Å². The highest BCUT2D eigenvalue weighted by atomic mass is 19.4. The lowest BCUT2D eigenvalue weighted by Crippen LogP contribution is -2.18. The van der Waals surface area contributed by atoms with Crippen molar-refractivity contribution in [3.8, 4) is 0 Å². The lowest BCUT2D eigenvalue weighted by atomic mass is 9.91. The summed E-state index contributed by atoms with van der Waals surface area (Å²) in [5.41, 5.74) is -0.00657. The van der Waals surface area contributed by atoms with Gasteiger partial charge >= 0.3 is 12.1 Å². The second-order valence-electron chi connectivity index (χ2n) is 6.73. The Labute approximate surface area is 153 Å². The summed E-state index contributed by atoms with van der Waals surface area (Å²) in [7, 11) is 0. The van der Waals surface area contributed by atoms with E-state index in [1.165, 1.54) is 12.1 Å². The van der Waals surface area contributed by atoms with E-state index < -0.39 is 23.8 Å². The van der Waals surface area contributed by atoms with Crippen molar-refractivity contribution in [2.75, 3.05) is 0 Å². The number of hydrogen-bond donors (Lipinski definition) is 0. The monoisotopic (exact) mass is 374 g/mol. The third-order valence-corrected chi connectivity index (χ3v) is 4.88. The zero-order valence-corrected chi connectivity index (χ0v) is 14.5. The van der Waals surface area contributed by atoms with E-state index in [0.717, 1.165) is 0 Å². The Hall–Kier alpha value is -2.60. The number of benzene rings is 3. The Morgan fingerprint density at radius 3 is 1.96 bits per heavy atom. The minimum absolute atomic E-state index is 0.0334. The maximum Gasteiger partial charge on any atom is 0.417 e. The first kappa shape index (κ1) is 17.8. The molecule has 4 rings (SSSR count). The van der Waals surface area contributed by atoms with Crippen molar-refractivity contribution in [2.45, 2.75) is 38.3 Å². The fourth-order valence-electron chi connectivity index (χ4n) is 3.72. The molecule has 0 amide bonds. The molecule has 0 saturated carbocycles. The van der Waals surface area contributed by atoms with Crippen molar-refractivity contribution in [2.24, 2.45) is 0 Å². The number of ether oxygens (including phenoxy) is 2. The fourth-order valence-corrected chi connectivity index (χ4v) is 3.72. The van der Waals surface area contributed by atoms with Gasteiger partial charge in [0.1, 0.15) is 6.10 Å². The minimum atomic E-state index is -4.48. The maximum absolute atomic E-state index is 13.8. The second kappa shape index (κ2) is 6.53. The fraction of sp³-hybridized carbons (Fsp3) is 0.286. The van der Waals surface area contributed by atoms with Gasteiger partial charge in [0.05, 0.1) is 12.2 Å². The summed E-state index contributed by atoms with van der Waals surface area (Å²) in [6.45, 7) is 1.82. The molecule has 2 unspecified atom stereocenters. The van der Waals surface area contributed by atoms with Crippen LogP contribution in [0.2, 0.25) is 0 Å². The number of halogens is 3. The standard InChI is InChI=1S/C21H17F3O3/c1-12-10-18(20(25)27-12)26-11-17-13-6-2-4-8-15(13)19(21(22,23)24)16-9-5-3-7-14(16)17/h2-9,12,18H,10-11H2,1H3. The van der Waals surface area contributed by atoms with E-state index in [-0.39, 0.29) is 23.5 Å². The van der Waals surface area contributed by atoms with E-state index in [1.807, 2.05) is 0 Å². The Kier molecular flexibility index (Phi) is 4.30. The number of esters is 1.